The molecule has 0 heterocycles. The Morgan fingerprint density at radius 1 is 1.29 bits per heavy atom. The van der Waals surface area contributed by atoms with Gasteiger partial charge in [0.25, 0.3) is 0 Å². The molecule has 5 heteroatoms. The molecule has 0 aliphatic rings. The molecule has 0 N–H and O–H groups in total. The Hall–Kier alpha value is -1.22. The molecule has 98 valence electrons. The van der Waals surface area contributed by atoms with Crippen LogP contribution in [0.5, 0.6) is 0 Å². The second kappa shape index (κ2) is 11.3. The van der Waals surface area contributed by atoms with E-state index in [2.05, 4.69) is 16.9 Å². The van der Waals surface area contributed by atoms with E-state index in [-0.39, 0.29) is 18.6 Å². The van der Waals surface area contributed by atoms with Crippen LogP contribution in [0.3, 0.4) is 0 Å². The molecule has 17 heavy (non-hydrogen) atoms. The molecule has 0 radical (unpaired) electrons. The van der Waals surface area contributed by atoms with E-state index >= 15 is 0 Å². The standard InChI is InChI=1S/C12H23N3O2/c1-3-5-6-7-9-11(10-14-15-13)17-12(16)8-4-2/h11H,3-10H2,1-2H3. The van der Waals surface area contributed by atoms with Gasteiger partial charge >= 0.3 is 5.97 Å². The van der Waals surface area contributed by atoms with Crippen molar-refractivity contribution >= 4 is 5.97 Å². The van der Waals surface area contributed by atoms with E-state index in [4.69, 9.17) is 10.3 Å². The van der Waals surface area contributed by atoms with Gasteiger partial charge in [0.1, 0.15) is 6.10 Å². The van der Waals surface area contributed by atoms with Crippen molar-refractivity contribution in [1.29, 1.82) is 0 Å². The normalized spacial score (nSPS) is 11.6. The summed E-state index contributed by atoms with van der Waals surface area (Å²) in [6, 6.07) is 0. The minimum absolute atomic E-state index is 0.193. The van der Waals surface area contributed by atoms with Crippen LogP contribution in [0.25, 0.3) is 10.4 Å². The molecule has 1 atom stereocenters. The molecule has 0 aromatic rings. The van der Waals surface area contributed by atoms with Gasteiger partial charge in [0.2, 0.25) is 0 Å². The lowest BCUT2D eigenvalue weighted by Gasteiger charge is -2.15. The number of azide groups is 1. The molecule has 0 saturated carbocycles. The Bertz CT molecular complexity index is 250. The maximum absolute atomic E-state index is 11.3. The smallest absolute Gasteiger partial charge is 0.306 e. The molecule has 0 spiro atoms. The first-order valence-electron chi connectivity index (χ1n) is 6.44. The highest BCUT2D eigenvalue weighted by Crippen LogP contribution is 2.10. The maximum Gasteiger partial charge on any atom is 0.306 e. The summed E-state index contributed by atoms with van der Waals surface area (Å²) >= 11 is 0. The number of ether oxygens (including phenoxy) is 1. The monoisotopic (exact) mass is 241 g/mol. The Morgan fingerprint density at radius 2 is 2.06 bits per heavy atom. The van der Waals surface area contributed by atoms with Crippen LogP contribution >= 0.6 is 0 Å². The van der Waals surface area contributed by atoms with Gasteiger partial charge in [-0.2, -0.15) is 0 Å². The molecule has 0 amide bonds. The van der Waals surface area contributed by atoms with Crippen LogP contribution in [0.4, 0.5) is 0 Å². The lowest BCUT2D eigenvalue weighted by atomic mass is 10.1. The summed E-state index contributed by atoms with van der Waals surface area (Å²) in [4.78, 5) is 14.1. The van der Waals surface area contributed by atoms with Gasteiger partial charge in [-0.1, -0.05) is 38.2 Å². The van der Waals surface area contributed by atoms with Crippen LogP contribution in [-0.4, -0.2) is 18.6 Å². The van der Waals surface area contributed by atoms with Crippen LogP contribution in [0.2, 0.25) is 0 Å². The van der Waals surface area contributed by atoms with E-state index in [0.29, 0.717) is 6.42 Å². The van der Waals surface area contributed by atoms with Crippen LogP contribution in [0.1, 0.15) is 58.8 Å². The second-order valence-electron chi connectivity index (χ2n) is 4.12. The van der Waals surface area contributed by atoms with Crippen molar-refractivity contribution in [3.8, 4) is 0 Å². The van der Waals surface area contributed by atoms with E-state index in [1.807, 2.05) is 6.92 Å². The molecule has 0 aromatic heterocycles. The summed E-state index contributed by atoms with van der Waals surface area (Å²) in [5.41, 5.74) is 8.28. The van der Waals surface area contributed by atoms with Crippen molar-refractivity contribution in [2.24, 2.45) is 5.11 Å². The lowest BCUT2D eigenvalue weighted by molar-refractivity contribution is -0.149. The number of esters is 1. The van der Waals surface area contributed by atoms with E-state index in [0.717, 1.165) is 25.7 Å². The largest absolute Gasteiger partial charge is 0.462 e. The van der Waals surface area contributed by atoms with Crippen LogP contribution in [-0.2, 0) is 9.53 Å². The first kappa shape index (κ1) is 15.8. The predicted octanol–water partition coefficient (Wildman–Crippen LogP) is 3.98. The first-order chi connectivity index (χ1) is 8.24. The van der Waals surface area contributed by atoms with Gasteiger partial charge in [-0.25, -0.2) is 0 Å². The molecule has 5 nitrogen and oxygen atoms in total. The van der Waals surface area contributed by atoms with Crippen molar-refractivity contribution < 1.29 is 9.53 Å². The molecule has 0 aliphatic carbocycles. The Kier molecular flexibility index (Phi) is 10.5. The van der Waals surface area contributed by atoms with Gasteiger partial charge in [-0.05, 0) is 24.8 Å². The zero-order valence-corrected chi connectivity index (χ0v) is 10.9. The minimum Gasteiger partial charge on any atom is -0.462 e. The van der Waals surface area contributed by atoms with E-state index in [9.17, 15) is 4.79 Å². The minimum atomic E-state index is -0.248. The van der Waals surface area contributed by atoms with Gasteiger partial charge < -0.3 is 4.74 Å². The summed E-state index contributed by atoms with van der Waals surface area (Å²) in [7, 11) is 0. The summed E-state index contributed by atoms with van der Waals surface area (Å²) in [5, 5.41) is 3.49. The highest BCUT2D eigenvalue weighted by molar-refractivity contribution is 5.69. The maximum atomic E-state index is 11.3. The number of unbranched alkanes of at least 4 members (excludes halogenated alkanes) is 3. The summed E-state index contributed by atoms with van der Waals surface area (Å²) < 4.78 is 5.27. The first-order valence-corrected chi connectivity index (χ1v) is 6.44. The number of hydrogen-bond donors (Lipinski definition) is 0. The fourth-order valence-electron chi connectivity index (χ4n) is 1.56. The fourth-order valence-corrected chi connectivity index (χ4v) is 1.56. The summed E-state index contributed by atoms with van der Waals surface area (Å²) in [6.07, 6.45) is 6.27. The van der Waals surface area contributed by atoms with Crippen molar-refractivity contribution in [3.63, 3.8) is 0 Å². The van der Waals surface area contributed by atoms with E-state index < -0.39 is 0 Å². The highest BCUT2D eigenvalue weighted by atomic mass is 16.5. The zero-order chi connectivity index (χ0) is 12.9. The molecule has 0 saturated heterocycles. The molecule has 0 aromatic carbocycles. The van der Waals surface area contributed by atoms with Gasteiger partial charge in [0, 0.05) is 11.3 Å². The van der Waals surface area contributed by atoms with Gasteiger partial charge in [-0.3, -0.25) is 4.79 Å². The Labute approximate surface area is 103 Å². The topological polar surface area (TPSA) is 75.1 Å². The van der Waals surface area contributed by atoms with Gasteiger partial charge in [-0.15, -0.1) is 0 Å². The van der Waals surface area contributed by atoms with Crippen molar-refractivity contribution in [3.05, 3.63) is 10.4 Å². The van der Waals surface area contributed by atoms with Gasteiger partial charge in [0.15, 0.2) is 0 Å². The molecular formula is C12H23N3O2. The molecule has 0 fully saturated rings. The van der Waals surface area contributed by atoms with Crippen molar-refractivity contribution in [1.82, 2.24) is 0 Å². The third-order valence-corrected chi connectivity index (χ3v) is 2.48. The molecular weight excluding hydrogens is 218 g/mol. The number of carbonyl (C=O) groups is 1. The third-order valence-electron chi connectivity index (χ3n) is 2.48. The molecule has 1 unspecified atom stereocenters. The lowest BCUT2D eigenvalue weighted by Crippen LogP contribution is -2.20. The second-order valence-corrected chi connectivity index (χ2v) is 4.12. The molecule has 0 aliphatic heterocycles. The number of rotatable bonds is 10. The third kappa shape index (κ3) is 9.69. The number of nitrogens with zero attached hydrogens (tertiary/aromatic N) is 3. The number of hydrogen-bond acceptors (Lipinski definition) is 3. The summed E-state index contributed by atoms with van der Waals surface area (Å²) in [5.74, 6) is -0.193. The van der Waals surface area contributed by atoms with E-state index in [1.54, 1.807) is 0 Å². The van der Waals surface area contributed by atoms with Crippen LogP contribution in [0, 0.1) is 0 Å². The fraction of sp³-hybridized carbons (Fsp3) is 0.917. The zero-order valence-electron chi connectivity index (χ0n) is 10.9. The van der Waals surface area contributed by atoms with Crippen molar-refractivity contribution in [2.45, 2.75) is 64.9 Å². The number of carbonyl (C=O) groups excluding carboxylic acids is 1. The van der Waals surface area contributed by atoms with Gasteiger partial charge in [0.05, 0.1) is 6.54 Å². The molecule has 0 bridgehead atoms. The summed E-state index contributed by atoms with van der Waals surface area (Å²) in [6.45, 7) is 4.34. The Morgan fingerprint density at radius 3 is 2.65 bits per heavy atom. The van der Waals surface area contributed by atoms with Crippen molar-refractivity contribution in [2.75, 3.05) is 6.54 Å². The van der Waals surface area contributed by atoms with E-state index in [1.165, 1.54) is 12.8 Å². The quantitative estimate of drug-likeness (QED) is 0.191. The predicted molar refractivity (Wildman–Crippen MR) is 67.6 cm³/mol. The average Bonchev–Trinajstić information content (AvgIpc) is 2.31. The Balaban J connectivity index is 3.95. The molecule has 0 rings (SSSR count). The average molecular weight is 241 g/mol. The highest BCUT2D eigenvalue weighted by Gasteiger charge is 2.12. The van der Waals surface area contributed by atoms with Crippen LogP contribution in [0.15, 0.2) is 5.11 Å². The SMILES string of the molecule is CCCCCCC(CN=[N+]=[N-])OC(=O)CCC. The van der Waals surface area contributed by atoms with Crippen LogP contribution < -0.4 is 0 Å².